The second-order valence-corrected chi connectivity index (χ2v) is 7.93. The van der Waals surface area contributed by atoms with Crippen molar-refractivity contribution in [3.05, 3.63) is 95.3 Å². The molecular weight excluding hydrogens is 457 g/mol. The number of methoxy groups -OCH3 is 1. The van der Waals surface area contributed by atoms with Gasteiger partial charge in [0.25, 0.3) is 0 Å². The number of carbonyl (C=O) groups excluding carboxylic acids is 1. The van der Waals surface area contributed by atoms with E-state index in [-0.39, 0.29) is 30.5 Å². The summed E-state index contributed by atoms with van der Waals surface area (Å²) in [5, 5.41) is 6.01. The van der Waals surface area contributed by atoms with Crippen LogP contribution >= 0.6 is 0 Å². The molecule has 0 saturated carbocycles. The van der Waals surface area contributed by atoms with Crippen LogP contribution in [0.4, 0.5) is 19.1 Å². The number of anilines is 1. The predicted molar refractivity (Wildman–Crippen MR) is 127 cm³/mol. The highest BCUT2D eigenvalue weighted by atomic mass is 19.4. The van der Waals surface area contributed by atoms with Gasteiger partial charge in [-0.3, -0.25) is 4.79 Å². The maximum atomic E-state index is 13.7. The molecule has 6 nitrogen and oxygen atoms in total. The molecule has 3 aromatic rings. The zero-order chi connectivity index (χ0) is 24.8. The number of aryl methyl sites for hydroxylation is 1. The molecule has 1 unspecified atom stereocenters. The monoisotopic (exact) mass is 480 g/mol. The number of halogens is 3. The number of hydrogen-bond acceptors (Lipinski definition) is 6. The van der Waals surface area contributed by atoms with Crippen molar-refractivity contribution in [3.63, 3.8) is 0 Å². The number of nitrogens with zero attached hydrogens (tertiary/aromatic N) is 4. The number of hydrazone groups is 1. The number of esters is 1. The van der Waals surface area contributed by atoms with Crippen molar-refractivity contribution in [2.24, 2.45) is 5.10 Å². The van der Waals surface area contributed by atoms with Crippen LogP contribution < -0.4 is 5.01 Å². The number of aromatic nitrogens is 2. The lowest BCUT2D eigenvalue weighted by Crippen LogP contribution is -2.23. The molecule has 0 spiro atoms. The van der Waals surface area contributed by atoms with Crippen LogP contribution in [0.2, 0.25) is 0 Å². The second kappa shape index (κ2) is 10.5. The van der Waals surface area contributed by atoms with Crippen LogP contribution in [0, 0.1) is 0 Å². The minimum atomic E-state index is -4.68. The van der Waals surface area contributed by atoms with Crippen molar-refractivity contribution < 1.29 is 22.7 Å². The summed E-state index contributed by atoms with van der Waals surface area (Å²) in [6, 6.07) is 19.5. The van der Waals surface area contributed by atoms with E-state index in [2.05, 4.69) is 19.8 Å². The Morgan fingerprint density at radius 3 is 2.40 bits per heavy atom. The summed E-state index contributed by atoms with van der Waals surface area (Å²) < 4.78 is 45.6. The molecule has 4 rings (SSSR count). The summed E-state index contributed by atoms with van der Waals surface area (Å²) in [5.41, 5.74) is 1.53. The maximum absolute atomic E-state index is 13.7. The van der Waals surface area contributed by atoms with Gasteiger partial charge in [0.2, 0.25) is 5.95 Å². The highest BCUT2D eigenvalue weighted by molar-refractivity contribution is 6.00. The third-order valence-corrected chi connectivity index (χ3v) is 5.46. The summed E-state index contributed by atoms with van der Waals surface area (Å²) in [5.74, 6) is -0.704. The van der Waals surface area contributed by atoms with Gasteiger partial charge in [-0.25, -0.2) is 15.0 Å². The van der Waals surface area contributed by atoms with Gasteiger partial charge in [0.1, 0.15) is 5.69 Å². The molecule has 9 heteroatoms. The molecule has 1 aliphatic heterocycles. The Morgan fingerprint density at radius 1 is 1.06 bits per heavy atom. The standard InChI is InChI=1S/C26H23F3N4O2/c1-35-24(34)15-14-20-17-23(26(27,28)29)31-25(30-20)33-22(19-10-6-3-7-11-19)16-21(32-33)13-12-18-8-4-2-5-9-18/h2-13,17,22H,14-16H2,1H3/b13-12+. The first kappa shape index (κ1) is 24.1. The lowest BCUT2D eigenvalue weighted by Gasteiger charge is -2.23. The number of hydrogen-bond donors (Lipinski definition) is 0. The van der Waals surface area contributed by atoms with Gasteiger partial charge in [0, 0.05) is 18.5 Å². The van der Waals surface area contributed by atoms with E-state index in [1.54, 1.807) is 0 Å². The molecule has 0 fully saturated rings. The summed E-state index contributed by atoms with van der Waals surface area (Å²) in [6.07, 6.45) is -0.583. The minimum absolute atomic E-state index is 0.0143. The molecule has 0 radical (unpaired) electrons. The second-order valence-electron chi connectivity index (χ2n) is 7.93. The Balaban J connectivity index is 1.73. The van der Waals surface area contributed by atoms with E-state index in [1.807, 2.05) is 72.8 Å². The van der Waals surface area contributed by atoms with Gasteiger partial charge in [-0.05, 0) is 23.3 Å². The average molecular weight is 480 g/mol. The van der Waals surface area contributed by atoms with Crippen molar-refractivity contribution >= 4 is 23.7 Å². The lowest BCUT2D eigenvalue weighted by atomic mass is 10.0. The van der Waals surface area contributed by atoms with Crippen molar-refractivity contribution in [1.29, 1.82) is 0 Å². The normalized spacial score (nSPS) is 15.9. The molecule has 0 aliphatic carbocycles. The fourth-order valence-corrected chi connectivity index (χ4v) is 3.70. The van der Waals surface area contributed by atoms with Crippen LogP contribution in [0.25, 0.3) is 6.08 Å². The first-order chi connectivity index (χ1) is 16.8. The largest absolute Gasteiger partial charge is 0.469 e. The van der Waals surface area contributed by atoms with E-state index in [4.69, 9.17) is 0 Å². The number of ether oxygens (including phenoxy) is 1. The van der Waals surface area contributed by atoms with Gasteiger partial charge < -0.3 is 4.74 Å². The zero-order valence-electron chi connectivity index (χ0n) is 18.9. The van der Waals surface area contributed by atoms with Crippen LogP contribution in [0.1, 0.15) is 41.4 Å². The van der Waals surface area contributed by atoms with Gasteiger partial charge in [0.05, 0.1) is 25.3 Å². The third kappa shape index (κ3) is 6.11. The van der Waals surface area contributed by atoms with Crippen LogP contribution in [0.5, 0.6) is 0 Å². The average Bonchev–Trinajstić information content (AvgIpc) is 3.31. The van der Waals surface area contributed by atoms with Crippen molar-refractivity contribution in [2.75, 3.05) is 12.1 Å². The maximum Gasteiger partial charge on any atom is 0.433 e. The zero-order valence-corrected chi connectivity index (χ0v) is 18.9. The number of rotatable bonds is 7. The van der Waals surface area contributed by atoms with E-state index in [0.29, 0.717) is 12.1 Å². The SMILES string of the molecule is COC(=O)CCc1cc(C(F)(F)F)nc(N2N=C(/C=C/c3ccccc3)CC2c2ccccc2)n1. The van der Waals surface area contributed by atoms with Gasteiger partial charge in [-0.2, -0.15) is 18.3 Å². The van der Waals surface area contributed by atoms with Crippen LogP contribution in [0.3, 0.4) is 0 Å². The molecule has 0 saturated heterocycles. The highest BCUT2D eigenvalue weighted by Crippen LogP contribution is 2.36. The van der Waals surface area contributed by atoms with E-state index in [1.165, 1.54) is 12.1 Å². The summed E-state index contributed by atoms with van der Waals surface area (Å²) >= 11 is 0. The molecule has 0 N–H and O–H groups in total. The molecule has 1 aromatic heterocycles. The quantitative estimate of drug-likeness (QED) is 0.411. The number of allylic oxidation sites excluding steroid dienone is 1. The number of carbonyl (C=O) groups is 1. The number of benzene rings is 2. The molecule has 0 bridgehead atoms. The molecule has 0 amide bonds. The Hall–Kier alpha value is -4.01. The third-order valence-electron chi connectivity index (χ3n) is 5.46. The van der Waals surface area contributed by atoms with Crippen LogP contribution in [0.15, 0.2) is 77.9 Å². The predicted octanol–water partition coefficient (Wildman–Crippen LogP) is 5.62. The van der Waals surface area contributed by atoms with Gasteiger partial charge >= 0.3 is 12.1 Å². The topological polar surface area (TPSA) is 67.7 Å². The minimum Gasteiger partial charge on any atom is -0.469 e. The Kier molecular flexibility index (Phi) is 7.24. The number of alkyl halides is 3. The first-order valence-electron chi connectivity index (χ1n) is 11.0. The van der Waals surface area contributed by atoms with Crippen molar-refractivity contribution in [1.82, 2.24) is 9.97 Å². The molecule has 2 aromatic carbocycles. The Bertz CT molecular complexity index is 1230. The molecular formula is C26H23F3N4O2. The van der Waals surface area contributed by atoms with Crippen LogP contribution in [-0.4, -0.2) is 28.8 Å². The van der Waals surface area contributed by atoms with E-state index in [0.717, 1.165) is 17.2 Å². The fourth-order valence-electron chi connectivity index (χ4n) is 3.70. The highest BCUT2D eigenvalue weighted by Gasteiger charge is 2.36. The summed E-state index contributed by atoms with van der Waals surface area (Å²) in [7, 11) is 1.22. The van der Waals surface area contributed by atoms with Crippen molar-refractivity contribution in [2.45, 2.75) is 31.5 Å². The Labute approximate surface area is 200 Å². The van der Waals surface area contributed by atoms with E-state index >= 15 is 0 Å². The molecule has 1 aliphatic rings. The lowest BCUT2D eigenvalue weighted by molar-refractivity contribution is -0.141. The fraction of sp³-hybridized carbons (Fsp3) is 0.231. The van der Waals surface area contributed by atoms with Crippen LogP contribution in [-0.2, 0) is 22.1 Å². The molecule has 1 atom stereocenters. The van der Waals surface area contributed by atoms with E-state index in [9.17, 15) is 18.0 Å². The smallest absolute Gasteiger partial charge is 0.433 e. The molecule has 35 heavy (non-hydrogen) atoms. The Morgan fingerprint density at radius 2 is 1.74 bits per heavy atom. The molecule has 180 valence electrons. The summed E-state index contributed by atoms with van der Waals surface area (Å²) in [6.45, 7) is 0. The van der Waals surface area contributed by atoms with Gasteiger partial charge in [-0.1, -0.05) is 66.7 Å². The van der Waals surface area contributed by atoms with Crippen molar-refractivity contribution in [3.8, 4) is 0 Å². The van der Waals surface area contributed by atoms with E-state index < -0.39 is 17.8 Å². The van der Waals surface area contributed by atoms with Gasteiger partial charge in [0.15, 0.2) is 0 Å². The first-order valence-corrected chi connectivity index (χ1v) is 11.0. The summed E-state index contributed by atoms with van der Waals surface area (Å²) in [4.78, 5) is 19.7. The van der Waals surface area contributed by atoms with Gasteiger partial charge in [-0.15, -0.1) is 0 Å². The molecule has 2 heterocycles.